The number of rotatable bonds is 13. The lowest BCUT2D eigenvalue weighted by Gasteiger charge is -2.33. The van der Waals surface area contributed by atoms with Crippen molar-refractivity contribution in [1.82, 2.24) is 10.2 Å². The molecule has 0 fully saturated rings. The second-order valence-electron chi connectivity index (χ2n) is 9.87. The number of hydrogen-bond acceptors (Lipinski definition) is 4. The maximum atomic E-state index is 14.0. The van der Waals surface area contributed by atoms with E-state index in [0.717, 1.165) is 34.0 Å². The molecule has 3 aromatic carbocycles. The summed E-state index contributed by atoms with van der Waals surface area (Å²) >= 11 is 0. The highest BCUT2D eigenvalue weighted by atomic mass is 32.2. The van der Waals surface area contributed by atoms with Crippen LogP contribution in [0.4, 0.5) is 10.1 Å². The molecule has 2 unspecified atom stereocenters. The normalized spacial score (nSPS) is 12.8. The zero-order chi connectivity index (χ0) is 29.3. The Morgan fingerprint density at radius 3 is 2.10 bits per heavy atom. The van der Waals surface area contributed by atoms with Gasteiger partial charge < -0.3 is 10.2 Å². The van der Waals surface area contributed by atoms with E-state index in [1.807, 2.05) is 58.0 Å². The van der Waals surface area contributed by atoms with Crippen LogP contribution < -0.4 is 9.62 Å². The fraction of sp³-hybridized carbons (Fsp3) is 0.355. The number of anilines is 1. The van der Waals surface area contributed by atoms with Gasteiger partial charge in [0.1, 0.15) is 18.4 Å². The second kappa shape index (κ2) is 14.1. The Hall–Kier alpha value is -3.72. The zero-order valence-corrected chi connectivity index (χ0v) is 24.3. The summed E-state index contributed by atoms with van der Waals surface area (Å²) < 4.78 is 42.3. The molecule has 0 saturated heterocycles. The Balaban J connectivity index is 2.00. The number of aryl methyl sites for hydroxylation is 1. The van der Waals surface area contributed by atoms with E-state index in [1.54, 1.807) is 12.1 Å². The van der Waals surface area contributed by atoms with E-state index in [0.29, 0.717) is 12.8 Å². The van der Waals surface area contributed by atoms with E-state index in [-0.39, 0.29) is 29.1 Å². The van der Waals surface area contributed by atoms with E-state index in [2.05, 4.69) is 5.32 Å². The number of nitrogens with one attached hydrogen (secondary N) is 1. The maximum Gasteiger partial charge on any atom is 0.264 e. The molecule has 40 heavy (non-hydrogen) atoms. The van der Waals surface area contributed by atoms with E-state index < -0.39 is 34.3 Å². The van der Waals surface area contributed by atoms with E-state index in [9.17, 15) is 22.4 Å². The molecule has 2 amide bonds. The van der Waals surface area contributed by atoms with Crippen LogP contribution in [0.5, 0.6) is 0 Å². The van der Waals surface area contributed by atoms with Crippen LogP contribution in [0.1, 0.15) is 44.7 Å². The van der Waals surface area contributed by atoms with Crippen molar-refractivity contribution in [2.75, 3.05) is 17.4 Å². The second-order valence-corrected chi connectivity index (χ2v) is 11.7. The standard InChI is InChI=1S/C31H38FN3O4S/c1-5-24(4)33-31(37)29(6-2)34(21-20-25-10-8-7-9-11-25)30(36)22-35(27-16-14-26(32)15-17-27)40(38,39)28-18-12-23(3)13-19-28/h7-19,24,29H,5-6,20-22H2,1-4H3,(H,33,37). The number of nitrogens with zero attached hydrogens (tertiary/aromatic N) is 2. The Morgan fingerprint density at radius 2 is 1.52 bits per heavy atom. The third-order valence-electron chi connectivity index (χ3n) is 6.87. The predicted octanol–water partition coefficient (Wildman–Crippen LogP) is 5.09. The van der Waals surface area contributed by atoms with Crippen molar-refractivity contribution in [3.05, 3.63) is 95.8 Å². The lowest BCUT2D eigenvalue weighted by atomic mass is 10.1. The SMILES string of the molecule is CCC(C)NC(=O)C(CC)N(CCc1ccccc1)C(=O)CN(c1ccc(F)cc1)S(=O)(=O)c1ccc(C)cc1. The van der Waals surface area contributed by atoms with Gasteiger partial charge >= 0.3 is 0 Å². The molecule has 3 rings (SSSR count). The Labute approximate surface area is 237 Å². The lowest BCUT2D eigenvalue weighted by Crippen LogP contribution is -2.54. The molecule has 7 nitrogen and oxygen atoms in total. The van der Waals surface area contributed by atoms with Crippen LogP contribution >= 0.6 is 0 Å². The third-order valence-corrected chi connectivity index (χ3v) is 8.66. The summed E-state index contributed by atoms with van der Waals surface area (Å²) in [7, 11) is -4.19. The van der Waals surface area contributed by atoms with Gasteiger partial charge in [0.2, 0.25) is 11.8 Å². The van der Waals surface area contributed by atoms with Gasteiger partial charge in [0.25, 0.3) is 10.0 Å². The monoisotopic (exact) mass is 567 g/mol. The van der Waals surface area contributed by atoms with Crippen molar-refractivity contribution in [3.63, 3.8) is 0 Å². The van der Waals surface area contributed by atoms with Crippen molar-refractivity contribution < 1.29 is 22.4 Å². The lowest BCUT2D eigenvalue weighted by molar-refractivity contribution is -0.139. The first-order chi connectivity index (χ1) is 19.1. The minimum atomic E-state index is -4.19. The Kier molecular flexibility index (Phi) is 10.8. The average Bonchev–Trinajstić information content (AvgIpc) is 2.95. The summed E-state index contributed by atoms with van der Waals surface area (Å²) in [6, 6.07) is 20.0. The molecule has 0 saturated carbocycles. The summed E-state index contributed by atoms with van der Waals surface area (Å²) in [6.45, 7) is 7.19. The quantitative estimate of drug-likeness (QED) is 0.312. The number of carbonyl (C=O) groups is 2. The van der Waals surface area contributed by atoms with Crippen LogP contribution in [-0.2, 0) is 26.0 Å². The summed E-state index contributed by atoms with van der Waals surface area (Å²) in [6.07, 6.45) is 1.57. The van der Waals surface area contributed by atoms with Gasteiger partial charge in [-0.05, 0) is 75.1 Å². The van der Waals surface area contributed by atoms with Gasteiger partial charge in [-0.3, -0.25) is 13.9 Å². The zero-order valence-electron chi connectivity index (χ0n) is 23.5. The number of halogens is 1. The van der Waals surface area contributed by atoms with E-state index in [1.165, 1.54) is 29.2 Å². The highest BCUT2D eigenvalue weighted by Crippen LogP contribution is 2.25. The molecule has 3 aromatic rings. The fourth-order valence-corrected chi connectivity index (χ4v) is 5.72. The van der Waals surface area contributed by atoms with Gasteiger partial charge in [-0.25, -0.2) is 12.8 Å². The largest absolute Gasteiger partial charge is 0.352 e. The number of sulfonamides is 1. The molecule has 2 atom stereocenters. The molecule has 0 aromatic heterocycles. The predicted molar refractivity (Wildman–Crippen MR) is 156 cm³/mol. The molecular weight excluding hydrogens is 529 g/mol. The maximum absolute atomic E-state index is 14.0. The summed E-state index contributed by atoms with van der Waals surface area (Å²) in [4.78, 5) is 28.7. The number of benzene rings is 3. The van der Waals surface area contributed by atoms with Crippen molar-refractivity contribution in [2.24, 2.45) is 0 Å². The Bertz CT molecular complexity index is 1360. The smallest absolute Gasteiger partial charge is 0.264 e. The molecule has 0 bridgehead atoms. The van der Waals surface area contributed by atoms with Crippen molar-refractivity contribution in [2.45, 2.75) is 63.9 Å². The fourth-order valence-electron chi connectivity index (χ4n) is 4.31. The van der Waals surface area contributed by atoms with Gasteiger partial charge in [-0.1, -0.05) is 61.9 Å². The highest BCUT2D eigenvalue weighted by molar-refractivity contribution is 7.92. The number of amides is 2. The van der Waals surface area contributed by atoms with Gasteiger partial charge in [-0.2, -0.15) is 0 Å². The molecule has 0 radical (unpaired) electrons. The van der Waals surface area contributed by atoms with Crippen molar-refractivity contribution in [1.29, 1.82) is 0 Å². The summed E-state index contributed by atoms with van der Waals surface area (Å²) in [5, 5.41) is 2.96. The van der Waals surface area contributed by atoms with Crippen LogP contribution in [0.15, 0.2) is 83.8 Å². The van der Waals surface area contributed by atoms with E-state index in [4.69, 9.17) is 0 Å². The first kappa shape index (κ1) is 30.8. The van der Waals surface area contributed by atoms with Gasteiger partial charge in [-0.15, -0.1) is 0 Å². The minimum Gasteiger partial charge on any atom is -0.352 e. The third kappa shape index (κ3) is 7.91. The summed E-state index contributed by atoms with van der Waals surface area (Å²) in [5.41, 5.74) is 2.02. The molecule has 1 N–H and O–H groups in total. The average molecular weight is 568 g/mol. The molecule has 0 aliphatic carbocycles. The topological polar surface area (TPSA) is 86.8 Å². The molecule has 9 heteroatoms. The van der Waals surface area contributed by atoms with E-state index >= 15 is 0 Å². The highest BCUT2D eigenvalue weighted by Gasteiger charge is 2.33. The van der Waals surface area contributed by atoms with Crippen LogP contribution in [0.3, 0.4) is 0 Å². The van der Waals surface area contributed by atoms with Crippen LogP contribution in [-0.4, -0.2) is 50.3 Å². The van der Waals surface area contributed by atoms with Gasteiger partial charge in [0.05, 0.1) is 10.6 Å². The summed E-state index contributed by atoms with van der Waals surface area (Å²) in [5.74, 6) is -1.34. The molecule has 214 valence electrons. The number of carbonyl (C=O) groups excluding carboxylic acids is 2. The van der Waals surface area contributed by atoms with Crippen LogP contribution in [0.2, 0.25) is 0 Å². The molecular formula is C31H38FN3O4S. The minimum absolute atomic E-state index is 0.00705. The van der Waals surface area contributed by atoms with Crippen LogP contribution in [0, 0.1) is 12.7 Å². The first-order valence-corrected chi connectivity index (χ1v) is 15.0. The van der Waals surface area contributed by atoms with Crippen molar-refractivity contribution >= 4 is 27.5 Å². The van der Waals surface area contributed by atoms with Crippen LogP contribution in [0.25, 0.3) is 0 Å². The molecule has 0 aliphatic rings. The molecule has 0 spiro atoms. The molecule has 0 aliphatic heterocycles. The van der Waals surface area contributed by atoms with Crippen molar-refractivity contribution in [3.8, 4) is 0 Å². The van der Waals surface area contributed by atoms with Gasteiger partial charge in [0.15, 0.2) is 0 Å². The first-order valence-electron chi connectivity index (χ1n) is 13.6. The number of hydrogen-bond donors (Lipinski definition) is 1. The Morgan fingerprint density at radius 1 is 0.900 bits per heavy atom. The molecule has 0 heterocycles. The van der Waals surface area contributed by atoms with Gasteiger partial charge in [0, 0.05) is 12.6 Å².